The number of benzene rings is 1. The largest absolute Gasteiger partial charge is 0.462 e. The van der Waals surface area contributed by atoms with Crippen LogP contribution in [0.15, 0.2) is 30.3 Å². The molecule has 22 heavy (non-hydrogen) atoms. The zero-order chi connectivity index (χ0) is 15.5. The van der Waals surface area contributed by atoms with E-state index in [0.29, 0.717) is 5.56 Å². The summed E-state index contributed by atoms with van der Waals surface area (Å²) in [4.78, 5) is 7.17. The normalized spacial score (nSPS) is 11.0. The topological polar surface area (TPSA) is 61.0 Å². The van der Waals surface area contributed by atoms with Gasteiger partial charge >= 0.3 is 12.2 Å². The summed E-state index contributed by atoms with van der Waals surface area (Å²) in [6, 6.07) is 5.27. The van der Waals surface area contributed by atoms with Crippen molar-refractivity contribution in [2.45, 2.75) is 6.18 Å². The quantitative estimate of drug-likeness (QED) is 0.871. The number of ether oxygens (including phenoxy) is 1. The number of halogens is 5. The van der Waals surface area contributed by atoms with Gasteiger partial charge in [-0.2, -0.15) is 23.1 Å². The van der Waals surface area contributed by atoms with Gasteiger partial charge in [0, 0.05) is 12.1 Å². The third kappa shape index (κ3) is 4.54. The first-order valence-corrected chi connectivity index (χ1v) is 5.95. The molecule has 0 unspecified atom stereocenters. The molecule has 9 heteroatoms. The van der Waals surface area contributed by atoms with E-state index in [2.05, 4.69) is 9.97 Å². The second-order valence-electron chi connectivity index (χ2n) is 4.06. The minimum Gasteiger partial charge on any atom is -0.462 e. The maximum Gasteiger partial charge on any atom is 0.433 e. The molecule has 0 amide bonds. The molecule has 0 atom stereocenters. The van der Waals surface area contributed by atoms with Gasteiger partial charge in [0.05, 0.1) is 5.69 Å². The van der Waals surface area contributed by atoms with Gasteiger partial charge in [-0.3, -0.25) is 0 Å². The molecule has 0 fully saturated rings. The van der Waals surface area contributed by atoms with E-state index >= 15 is 0 Å². The van der Waals surface area contributed by atoms with Crippen molar-refractivity contribution in [2.24, 2.45) is 5.73 Å². The van der Waals surface area contributed by atoms with Gasteiger partial charge in [0.25, 0.3) is 0 Å². The predicted octanol–water partition coefficient (Wildman–Crippen LogP) is 3.06. The summed E-state index contributed by atoms with van der Waals surface area (Å²) in [5.41, 5.74) is 4.40. The van der Waals surface area contributed by atoms with E-state index < -0.39 is 23.7 Å². The van der Waals surface area contributed by atoms with Crippen LogP contribution in [0.3, 0.4) is 0 Å². The zero-order valence-electron chi connectivity index (χ0n) is 11.1. The highest BCUT2D eigenvalue weighted by molar-refractivity contribution is 5.85. The molecule has 120 valence electrons. The number of nitrogens with zero attached hydrogens (tertiary/aromatic N) is 2. The molecule has 0 aliphatic carbocycles. The van der Waals surface area contributed by atoms with Gasteiger partial charge in [0.1, 0.15) is 12.4 Å². The molecular weight excluding hydrogens is 326 g/mol. The summed E-state index contributed by atoms with van der Waals surface area (Å²) in [6.07, 6.45) is -4.64. The third-order valence-electron chi connectivity index (χ3n) is 2.49. The van der Waals surface area contributed by atoms with E-state index in [1.165, 1.54) is 12.1 Å². The van der Waals surface area contributed by atoms with Crippen LogP contribution in [0.25, 0.3) is 11.3 Å². The second kappa shape index (κ2) is 7.37. The Hall–Kier alpha value is -1.93. The predicted molar refractivity (Wildman–Crippen MR) is 74.2 cm³/mol. The van der Waals surface area contributed by atoms with Gasteiger partial charge < -0.3 is 10.5 Å². The third-order valence-corrected chi connectivity index (χ3v) is 2.49. The fraction of sp³-hybridized carbons (Fsp3) is 0.231. The van der Waals surface area contributed by atoms with Crippen molar-refractivity contribution < 1.29 is 22.3 Å². The molecule has 2 N–H and O–H groups in total. The van der Waals surface area contributed by atoms with Crippen LogP contribution in [0.2, 0.25) is 0 Å². The van der Waals surface area contributed by atoms with Crippen molar-refractivity contribution in [3.63, 3.8) is 0 Å². The van der Waals surface area contributed by atoms with E-state index in [1.54, 1.807) is 0 Å². The number of aromatic nitrogens is 2. The SMILES string of the molecule is Cl.NCCOc1nc(-c2ccc(F)cc2)cc(C(F)(F)F)n1. The minimum absolute atomic E-state index is 0. The fourth-order valence-corrected chi connectivity index (χ4v) is 1.55. The highest BCUT2D eigenvalue weighted by Gasteiger charge is 2.34. The van der Waals surface area contributed by atoms with Crippen LogP contribution in [0.5, 0.6) is 6.01 Å². The molecule has 4 nitrogen and oxygen atoms in total. The van der Waals surface area contributed by atoms with Crippen molar-refractivity contribution in [2.75, 3.05) is 13.2 Å². The molecular formula is C13H12ClF4N3O. The molecule has 1 heterocycles. The average Bonchev–Trinajstić information content (AvgIpc) is 2.44. The summed E-state index contributed by atoms with van der Waals surface area (Å²) in [5, 5.41) is 0. The summed E-state index contributed by atoms with van der Waals surface area (Å²) < 4.78 is 56.3. The average molecular weight is 338 g/mol. The van der Waals surface area contributed by atoms with Crippen LogP contribution in [0.1, 0.15) is 5.69 Å². The van der Waals surface area contributed by atoms with Crippen LogP contribution in [-0.4, -0.2) is 23.1 Å². The molecule has 0 spiro atoms. The van der Waals surface area contributed by atoms with Crippen LogP contribution in [0, 0.1) is 5.82 Å². The lowest BCUT2D eigenvalue weighted by molar-refractivity contribution is -0.141. The Morgan fingerprint density at radius 1 is 1.09 bits per heavy atom. The standard InChI is InChI=1S/C13H11F4N3O.ClH/c14-9-3-1-8(2-4-9)10-7-11(13(15,16)17)20-12(19-10)21-6-5-18;/h1-4,7H,5-6,18H2;1H. The van der Waals surface area contributed by atoms with Crippen LogP contribution < -0.4 is 10.5 Å². The molecule has 1 aromatic heterocycles. The summed E-state index contributed by atoms with van der Waals surface area (Å²) in [5.74, 6) is -0.497. The maximum atomic E-state index is 12.9. The van der Waals surface area contributed by atoms with Crippen molar-refractivity contribution in [1.29, 1.82) is 0 Å². The second-order valence-corrected chi connectivity index (χ2v) is 4.06. The van der Waals surface area contributed by atoms with E-state index in [1.807, 2.05) is 0 Å². The molecule has 0 aliphatic heterocycles. The number of alkyl halides is 3. The Labute approximate surface area is 129 Å². The van der Waals surface area contributed by atoms with Crippen LogP contribution in [-0.2, 0) is 6.18 Å². The van der Waals surface area contributed by atoms with Crippen LogP contribution >= 0.6 is 12.4 Å². The smallest absolute Gasteiger partial charge is 0.433 e. The Balaban J connectivity index is 0.00000242. The summed E-state index contributed by atoms with van der Waals surface area (Å²) in [7, 11) is 0. The van der Waals surface area contributed by atoms with Gasteiger partial charge in [0.15, 0.2) is 5.69 Å². The number of hydrogen-bond acceptors (Lipinski definition) is 4. The molecule has 0 radical (unpaired) electrons. The van der Waals surface area contributed by atoms with Gasteiger partial charge in [-0.15, -0.1) is 12.4 Å². The summed E-state index contributed by atoms with van der Waals surface area (Å²) >= 11 is 0. The van der Waals surface area contributed by atoms with Crippen molar-refractivity contribution in [1.82, 2.24) is 9.97 Å². The molecule has 2 rings (SSSR count). The lowest BCUT2D eigenvalue weighted by Crippen LogP contribution is -2.15. The van der Waals surface area contributed by atoms with E-state index in [-0.39, 0.29) is 31.3 Å². The van der Waals surface area contributed by atoms with Crippen molar-refractivity contribution in [3.05, 3.63) is 41.8 Å². The molecule has 0 saturated carbocycles. The highest BCUT2D eigenvalue weighted by Crippen LogP contribution is 2.31. The van der Waals surface area contributed by atoms with Crippen LogP contribution in [0.4, 0.5) is 17.6 Å². The molecule has 1 aromatic carbocycles. The first-order valence-electron chi connectivity index (χ1n) is 5.95. The first kappa shape index (κ1) is 18.1. The van der Waals surface area contributed by atoms with E-state index in [4.69, 9.17) is 10.5 Å². The molecule has 2 aromatic rings. The minimum atomic E-state index is -4.64. The van der Waals surface area contributed by atoms with E-state index in [9.17, 15) is 17.6 Å². The Kier molecular flexibility index (Phi) is 6.07. The number of hydrogen-bond donors (Lipinski definition) is 1. The first-order chi connectivity index (χ1) is 9.90. The Morgan fingerprint density at radius 3 is 2.27 bits per heavy atom. The van der Waals surface area contributed by atoms with Gasteiger partial charge in [0.2, 0.25) is 0 Å². The van der Waals surface area contributed by atoms with Gasteiger partial charge in [-0.1, -0.05) is 0 Å². The van der Waals surface area contributed by atoms with Crippen molar-refractivity contribution >= 4 is 12.4 Å². The lowest BCUT2D eigenvalue weighted by atomic mass is 10.1. The van der Waals surface area contributed by atoms with Gasteiger partial charge in [-0.05, 0) is 30.3 Å². The molecule has 0 aliphatic rings. The Bertz CT molecular complexity index is 620. The lowest BCUT2D eigenvalue weighted by Gasteiger charge is -2.11. The number of rotatable bonds is 4. The molecule has 0 saturated heterocycles. The maximum absolute atomic E-state index is 12.9. The van der Waals surface area contributed by atoms with E-state index in [0.717, 1.165) is 18.2 Å². The number of nitrogens with two attached hydrogens (primary N) is 1. The monoisotopic (exact) mass is 337 g/mol. The van der Waals surface area contributed by atoms with Gasteiger partial charge in [-0.25, -0.2) is 4.39 Å². The fourth-order valence-electron chi connectivity index (χ4n) is 1.55. The highest BCUT2D eigenvalue weighted by atomic mass is 35.5. The summed E-state index contributed by atoms with van der Waals surface area (Å²) in [6.45, 7) is 0.107. The zero-order valence-corrected chi connectivity index (χ0v) is 11.9. The van der Waals surface area contributed by atoms with Crippen molar-refractivity contribution in [3.8, 4) is 17.3 Å². The molecule has 0 bridgehead atoms. The Morgan fingerprint density at radius 2 is 1.73 bits per heavy atom.